The molecule has 3 amide bonds. The minimum Gasteiger partial charge on any atom is -0.492 e. The number of hydrogen-bond donors (Lipinski definition) is 3. The first-order chi connectivity index (χ1) is 33.7. The quantitative estimate of drug-likeness (QED) is 0.0812. The van der Waals surface area contributed by atoms with Crippen LogP contribution in [0, 0.1) is 31.4 Å². The third-order valence-electron chi connectivity index (χ3n) is 14.7. The second-order valence-corrected chi connectivity index (χ2v) is 23.2. The molecule has 0 spiro atoms. The first-order valence-corrected chi connectivity index (χ1v) is 27.3. The molecule has 10 rings (SSSR count). The van der Waals surface area contributed by atoms with Gasteiger partial charge in [-0.3, -0.25) is 29.6 Å². The molecule has 19 heteroatoms. The van der Waals surface area contributed by atoms with E-state index < -0.39 is 36.5 Å². The fraction of sp³-hybridized carbons (Fsp3) is 0.451. The Morgan fingerprint density at radius 1 is 0.886 bits per heavy atom. The van der Waals surface area contributed by atoms with Crippen LogP contribution in [0.1, 0.15) is 68.2 Å². The van der Waals surface area contributed by atoms with Gasteiger partial charge in [0.1, 0.15) is 30.3 Å². The number of piperazine rings is 1. The van der Waals surface area contributed by atoms with Crippen LogP contribution in [0.4, 0.5) is 43.3 Å². The number of carbonyl (C=O) groups excluding carboxylic acids is 3. The number of anilines is 6. The fourth-order valence-corrected chi connectivity index (χ4v) is 14.6. The molecule has 5 fully saturated rings. The molecule has 0 saturated carbocycles. The van der Waals surface area contributed by atoms with E-state index in [1.165, 1.54) is 12.1 Å². The number of halogens is 3. The zero-order chi connectivity index (χ0) is 48.8. The van der Waals surface area contributed by atoms with Crippen LogP contribution in [0.2, 0.25) is 0 Å². The van der Waals surface area contributed by atoms with E-state index in [0.717, 1.165) is 96.4 Å². The van der Waals surface area contributed by atoms with Gasteiger partial charge in [0.2, 0.25) is 23.7 Å². The summed E-state index contributed by atoms with van der Waals surface area (Å²) in [5.74, 6) is -2.41. The summed E-state index contributed by atoms with van der Waals surface area (Å²) in [6.07, 6.45) is 7.00. The number of nitrogens with zero attached hydrogens (tertiary/aromatic N) is 7. The van der Waals surface area contributed by atoms with Gasteiger partial charge in [-0.25, -0.2) is 13.8 Å². The zero-order valence-corrected chi connectivity index (χ0v) is 42.2. The molecule has 7 heterocycles. The summed E-state index contributed by atoms with van der Waals surface area (Å²) in [5, 5.41) is 10.9. The van der Waals surface area contributed by atoms with E-state index in [-0.39, 0.29) is 30.2 Å². The Hall–Kier alpha value is -5.71. The Balaban J connectivity index is 0.739. The Kier molecular flexibility index (Phi) is 13.6. The van der Waals surface area contributed by atoms with Crippen molar-refractivity contribution < 1.29 is 32.5 Å². The molecule has 0 aliphatic carbocycles. The van der Waals surface area contributed by atoms with Crippen LogP contribution >= 0.6 is 23.1 Å². The molecule has 5 aliphatic heterocycles. The summed E-state index contributed by atoms with van der Waals surface area (Å²) in [4.78, 5) is 60.3. The number of hydrogen-bond acceptors (Lipinski definition) is 13. The van der Waals surface area contributed by atoms with Gasteiger partial charge in [-0.1, -0.05) is 6.07 Å². The molecule has 3 aromatic carbocycles. The highest BCUT2D eigenvalue weighted by atomic mass is 79.9. The highest BCUT2D eigenvalue weighted by Crippen LogP contribution is 2.54. The van der Waals surface area contributed by atoms with Gasteiger partial charge in [0.05, 0.1) is 39.8 Å². The van der Waals surface area contributed by atoms with E-state index in [9.17, 15) is 18.9 Å². The molecule has 0 bridgehead atoms. The number of ether oxygens (including phenoxy) is 1. The van der Waals surface area contributed by atoms with Crippen LogP contribution in [-0.4, -0.2) is 120 Å². The first-order valence-electron chi connectivity index (χ1n) is 24.4. The van der Waals surface area contributed by atoms with Gasteiger partial charge in [0.15, 0.2) is 0 Å². The summed E-state index contributed by atoms with van der Waals surface area (Å²) >= 11 is 3.65. The van der Waals surface area contributed by atoms with Gasteiger partial charge in [0, 0.05) is 123 Å². The van der Waals surface area contributed by atoms with Gasteiger partial charge >= 0.3 is 0 Å². The molecule has 368 valence electrons. The Morgan fingerprint density at radius 2 is 1.61 bits per heavy atom. The largest absolute Gasteiger partial charge is 0.492 e. The number of pyridine rings is 1. The minimum atomic E-state index is -2.65. The van der Waals surface area contributed by atoms with Crippen molar-refractivity contribution in [1.29, 1.82) is 0 Å². The fourth-order valence-electron chi connectivity index (χ4n) is 11.0. The number of benzene rings is 3. The van der Waals surface area contributed by atoms with Gasteiger partial charge in [0.25, 0.3) is 0 Å². The number of amides is 3. The summed E-state index contributed by atoms with van der Waals surface area (Å²) in [5.41, 5.74) is 5.48. The molecule has 5 aromatic rings. The minimum absolute atomic E-state index is 0.0271. The van der Waals surface area contributed by atoms with Crippen molar-refractivity contribution in [2.75, 3.05) is 91.7 Å². The molecule has 2 aromatic heterocycles. The van der Waals surface area contributed by atoms with Crippen molar-refractivity contribution in [3.8, 4) is 5.75 Å². The molecule has 1 atom stereocenters. The molecule has 15 nitrogen and oxygen atoms in total. The lowest BCUT2D eigenvalue weighted by Crippen LogP contribution is -2.59. The summed E-state index contributed by atoms with van der Waals surface area (Å²) in [7, 11) is -2.65. The molecule has 5 saturated heterocycles. The topological polar surface area (TPSA) is 165 Å². The number of aryl methyl sites for hydroxylation is 2. The van der Waals surface area contributed by atoms with Crippen molar-refractivity contribution >= 4 is 91.5 Å². The van der Waals surface area contributed by atoms with Gasteiger partial charge in [-0.2, -0.15) is 4.98 Å². The van der Waals surface area contributed by atoms with Crippen molar-refractivity contribution in [2.45, 2.75) is 71.3 Å². The molecule has 5 aliphatic rings. The predicted octanol–water partition coefficient (Wildman–Crippen LogP) is 8.12. The first kappa shape index (κ1) is 47.9. The van der Waals surface area contributed by atoms with Crippen LogP contribution in [0.5, 0.6) is 5.75 Å². The summed E-state index contributed by atoms with van der Waals surface area (Å²) < 4.78 is 51.7. The molecular formula is C51H58BrF2N10O5P. The molecule has 0 radical (unpaired) electrons. The smallest absolute Gasteiger partial charge is 0.234 e. The van der Waals surface area contributed by atoms with Crippen LogP contribution in [-0.2, 0) is 18.9 Å². The molecule has 1 unspecified atom stereocenters. The summed E-state index contributed by atoms with van der Waals surface area (Å²) in [6, 6.07) is 15.0. The second kappa shape index (κ2) is 19.8. The van der Waals surface area contributed by atoms with Gasteiger partial charge < -0.3 is 34.6 Å². The number of rotatable bonds is 12. The normalized spacial score (nSPS) is 20.1. The highest BCUT2D eigenvalue weighted by Gasteiger charge is 2.40. The summed E-state index contributed by atoms with van der Waals surface area (Å²) in [6.45, 7) is 11.8. The highest BCUT2D eigenvalue weighted by molar-refractivity contribution is 9.10. The van der Waals surface area contributed by atoms with Crippen LogP contribution < -0.4 is 35.8 Å². The average Bonchev–Trinajstić information content (AvgIpc) is 3.77. The van der Waals surface area contributed by atoms with Crippen molar-refractivity contribution in [3.63, 3.8) is 0 Å². The lowest BCUT2D eigenvalue weighted by atomic mass is 9.89. The monoisotopic (exact) mass is 1040 g/mol. The van der Waals surface area contributed by atoms with Crippen molar-refractivity contribution in [2.24, 2.45) is 5.92 Å². The number of imide groups is 1. The molecule has 70 heavy (non-hydrogen) atoms. The lowest BCUT2D eigenvalue weighted by Gasteiger charge is -2.46. The standard InChI is InChI=1S/C51H58BrF2N10O5P/c1-4-69-44-26-43(30(2)23-42(44)58-51-55-27-37(52)48(60-51)57-41-11-10-40-35(8-7-31(3)56-40)47(41)70(68)21-5-6-22-70)62-15-13-33(14-16-62)61-17-19-63(20-18-61)50(67)32-28-64(29-32)34-24-38(53)46(39(54)25-34)36-9-12-45(65)59-49(36)66/h7-8,10-11,23-27,32-33,36H,4-6,9,12-22,28-29H2,1-3H3,(H,59,65,66)(H2,55,57,58,60). The third kappa shape index (κ3) is 9.58. The third-order valence-corrected chi connectivity index (χ3v) is 18.7. The number of nitrogens with one attached hydrogen (secondary N) is 3. The number of carbonyl (C=O) groups is 3. The average molecular weight is 1040 g/mol. The van der Waals surface area contributed by atoms with Crippen molar-refractivity contribution in [3.05, 3.63) is 87.7 Å². The number of aromatic nitrogens is 3. The van der Waals surface area contributed by atoms with E-state index in [0.29, 0.717) is 78.8 Å². The second-order valence-electron chi connectivity index (χ2n) is 19.2. The zero-order valence-electron chi connectivity index (χ0n) is 39.7. The van der Waals surface area contributed by atoms with E-state index in [1.54, 1.807) is 11.1 Å². The van der Waals surface area contributed by atoms with Crippen LogP contribution in [0.3, 0.4) is 0 Å². The van der Waals surface area contributed by atoms with E-state index in [2.05, 4.69) is 65.7 Å². The predicted molar refractivity (Wildman–Crippen MR) is 272 cm³/mol. The van der Waals surface area contributed by atoms with E-state index in [4.69, 9.17) is 14.7 Å². The maximum absolute atomic E-state index is 15.2. The van der Waals surface area contributed by atoms with E-state index in [1.807, 2.05) is 43.0 Å². The lowest BCUT2D eigenvalue weighted by molar-refractivity contribution is -0.138. The van der Waals surface area contributed by atoms with Crippen LogP contribution in [0.15, 0.2) is 59.2 Å². The SMILES string of the molecule is CCOc1cc(N2CCC(N3CCN(C(=O)C4CN(c5cc(F)c(C6CCC(=O)NC6=O)c(F)c5)C4)CC3)CC2)c(C)cc1Nc1ncc(Br)c(Nc2ccc3nc(C)ccc3c2P2(=O)CCCC2)n1. The van der Waals surface area contributed by atoms with E-state index >= 15 is 8.78 Å². The molecular weight excluding hydrogens is 981 g/mol. The number of fused-ring (bicyclic) bond motifs is 1. The Bertz CT molecular complexity index is 2890. The maximum Gasteiger partial charge on any atom is 0.234 e. The van der Waals surface area contributed by atoms with Crippen LogP contribution in [0.25, 0.3) is 10.9 Å². The maximum atomic E-state index is 15.2. The Labute approximate surface area is 414 Å². The van der Waals surface area contributed by atoms with Gasteiger partial charge in [-0.05, 0) is 111 Å². The van der Waals surface area contributed by atoms with Gasteiger partial charge in [-0.15, -0.1) is 0 Å². The Morgan fingerprint density at radius 3 is 2.31 bits per heavy atom. The molecule has 3 N–H and O–H groups in total. The van der Waals surface area contributed by atoms with Crippen molar-refractivity contribution in [1.82, 2.24) is 30.1 Å². The number of piperidine rings is 2.